The third-order valence-corrected chi connectivity index (χ3v) is 11.6. The second-order valence-corrected chi connectivity index (χ2v) is 14.2. The first-order valence-corrected chi connectivity index (χ1v) is 15.1. The topological polar surface area (TPSA) is 40.5 Å². The molecule has 2 nitrogen and oxygen atoms in total. The van der Waals surface area contributed by atoms with E-state index in [1.807, 2.05) is 31.7 Å². The van der Waals surface area contributed by atoms with E-state index in [4.69, 9.17) is 0 Å². The first-order valence-electron chi connectivity index (χ1n) is 14.1. The van der Waals surface area contributed by atoms with Gasteiger partial charge < -0.3 is 10.2 Å². The van der Waals surface area contributed by atoms with Crippen LogP contribution in [0.2, 0.25) is 0 Å². The van der Waals surface area contributed by atoms with Gasteiger partial charge in [0.25, 0.3) is 0 Å². The molecule has 1 aromatic rings. The highest BCUT2D eigenvalue weighted by atomic mass is 32.2. The standard InChI is InChI=1S/C32H46O2S/c1-22(21-35-26-9-5-8-25(20-26)30(2,3)34)27-12-13-28-24(7-6-15-31(27,28)4)11-10-23-14-16-32(17-18-32)29(33)19-23/h5,8-11,20,22,27-29,33-34H,6-7,12-19,21H2,1-4H3/b23-10-,24-11+. The third-order valence-electron chi connectivity index (χ3n) is 10.3. The van der Waals surface area contributed by atoms with Gasteiger partial charge in [-0.2, -0.15) is 0 Å². The summed E-state index contributed by atoms with van der Waals surface area (Å²) in [5.41, 5.74) is 4.09. The average molecular weight is 495 g/mol. The summed E-state index contributed by atoms with van der Waals surface area (Å²) in [5.74, 6) is 3.33. The molecule has 0 amide bonds. The fraction of sp³-hybridized carbons (Fsp3) is 0.688. The van der Waals surface area contributed by atoms with Crippen molar-refractivity contribution in [1.29, 1.82) is 0 Å². The van der Waals surface area contributed by atoms with Crippen LogP contribution in [-0.4, -0.2) is 22.1 Å². The molecule has 0 aromatic heterocycles. The van der Waals surface area contributed by atoms with Crippen molar-refractivity contribution in [2.75, 3.05) is 5.75 Å². The van der Waals surface area contributed by atoms with Crippen LogP contribution < -0.4 is 0 Å². The molecule has 5 atom stereocenters. The van der Waals surface area contributed by atoms with Crippen LogP contribution in [0.25, 0.3) is 0 Å². The van der Waals surface area contributed by atoms with Gasteiger partial charge in [0.2, 0.25) is 0 Å². The predicted molar refractivity (Wildman–Crippen MR) is 147 cm³/mol. The van der Waals surface area contributed by atoms with Gasteiger partial charge in [0.05, 0.1) is 11.7 Å². The molecule has 0 heterocycles. The van der Waals surface area contributed by atoms with Crippen molar-refractivity contribution < 1.29 is 10.2 Å². The first-order chi connectivity index (χ1) is 16.6. The molecule has 4 aliphatic rings. The second-order valence-electron chi connectivity index (χ2n) is 13.1. The van der Waals surface area contributed by atoms with Gasteiger partial charge in [-0.05, 0) is 124 Å². The summed E-state index contributed by atoms with van der Waals surface area (Å²) in [6.45, 7) is 8.79. The van der Waals surface area contributed by atoms with Crippen molar-refractivity contribution in [1.82, 2.24) is 0 Å². The van der Waals surface area contributed by atoms with Gasteiger partial charge in [-0.25, -0.2) is 0 Å². The maximum atomic E-state index is 10.6. The summed E-state index contributed by atoms with van der Waals surface area (Å²) in [7, 11) is 0. The Hall–Kier alpha value is -1.03. The van der Waals surface area contributed by atoms with E-state index in [9.17, 15) is 10.2 Å². The highest BCUT2D eigenvalue weighted by Gasteiger charge is 2.51. The Kier molecular flexibility index (Phi) is 7.09. The molecule has 0 radical (unpaired) electrons. The van der Waals surface area contributed by atoms with Crippen molar-refractivity contribution in [3.63, 3.8) is 0 Å². The summed E-state index contributed by atoms with van der Waals surface area (Å²) < 4.78 is 0. The van der Waals surface area contributed by atoms with E-state index in [1.165, 1.54) is 68.3 Å². The fourth-order valence-corrected chi connectivity index (χ4v) is 8.86. The number of aliphatic hydroxyl groups is 2. The minimum atomic E-state index is -0.788. The van der Waals surface area contributed by atoms with Crippen LogP contribution >= 0.6 is 11.8 Å². The van der Waals surface area contributed by atoms with E-state index in [-0.39, 0.29) is 6.10 Å². The molecule has 192 valence electrons. The summed E-state index contributed by atoms with van der Waals surface area (Å²) in [5, 5.41) is 21.0. The third kappa shape index (κ3) is 5.20. The molecule has 35 heavy (non-hydrogen) atoms. The Morgan fingerprint density at radius 3 is 2.63 bits per heavy atom. The van der Waals surface area contributed by atoms with Crippen LogP contribution in [0, 0.1) is 28.6 Å². The summed E-state index contributed by atoms with van der Waals surface area (Å²) >= 11 is 1.96. The van der Waals surface area contributed by atoms with E-state index >= 15 is 0 Å². The van der Waals surface area contributed by atoms with Gasteiger partial charge >= 0.3 is 0 Å². The van der Waals surface area contributed by atoms with E-state index in [1.54, 1.807) is 5.57 Å². The maximum Gasteiger partial charge on any atom is 0.0840 e. The lowest BCUT2D eigenvalue weighted by Crippen LogP contribution is -2.36. The van der Waals surface area contributed by atoms with E-state index in [0.29, 0.717) is 16.7 Å². The van der Waals surface area contributed by atoms with Crippen LogP contribution in [0.15, 0.2) is 52.5 Å². The zero-order valence-electron chi connectivity index (χ0n) is 22.4. The van der Waals surface area contributed by atoms with Gasteiger partial charge in [0, 0.05) is 10.6 Å². The molecule has 5 unspecified atom stereocenters. The van der Waals surface area contributed by atoms with Crippen molar-refractivity contribution >= 4 is 11.8 Å². The van der Waals surface area contributed by atoms with Crippen LogP contribution in [0.1, 0.15) is 97.5 Å². The van der Waals surface area contributed by atoms with E-state index in [0.717, 1.165) is 29.6 Å². The van der Waals surface area contributed by atoms with Crippen molar-refractivity contribution in [2.24, 2.45) is 28.6 Å². The Bertz CT molecular complexity index is 982. The molecule has 2 N–H and O–H groups in total. The molecular weight excluding hydrogens is 448 g/mol. The second kappa shape index (κ2) is 9.69. The molecule has 0 saturated heterocycles. The summed E-state index contributed by atoms with van der Waals surface area (Å²) in [4.78, 5) is 1.27. The van der Waals surface area contributed by atoms with Gasteiger partial charge in [-0.1, -0.05) is 49.3 Å². The van der Waals surface area contributed by atoms with E-state index in [2.05, 4.69) is 44.2 Å². The van der Waals surface area contributed by atoms with E-state index < -0.39 is 5.60 Å². The van der Waals surface area contributed by atoms with Crippen molar-refractivity contribution in [3.8, 4) is 0 Å². The molecule has 0 aliphatic heterocycles. The monoisotopic (exact) mass is 494 g/mol. The molecule has 5 rings (SSSR count). The highest BCUT2D eigenvalue weighted by Crippen LogP contribution is 2.60. The quantitative estimate of drug-likeness (QED) is 0.393. The average Bonchev–Trinajstić information content (AvgIpc) is 3.51. The lowest BCUT2D eigenvalue weighted by Gasteiger charge is -2.44. The SMILES string of the molecule is CC(CSc1cccc(C(C)(C)O)c1)C1CCC2/C(=C/C=C3/CCC4(CC4)C(O)C3)CCCC21C. The summed E-state index contributed by atoms with van der Waals surface area (Å²) in [6.07, 6.45) is 17.2. The molecule has 4 fully saturated rings. The number of thioether (sulfide) groups is 1. The number of benzene rings is 1. The van der Waals surface area contributed by atoms with Crippen LogP contribution in [0.3, 0.4) is 0 Å². The van der Waals surface area contributed by atoms with Crippen molar-refractivity contribution in [2.45, 2.75) is 109 Å². The Morgan fingerprint density at radius 2 is 1.91 bits per heavy atom. The number of hydrogen-bond donors (Lipinski definition) is 2. The highest BCUT2D eigenvalue weighted by molar-refractivity contribution is 7.99. The molecule has 4 aliphatic carbocycles. The normalized spacial score (nSPS) is 35.4. The largest absolute Gasteiger partial charge is 0.392 e. The maximum absolute atomic E-state index is 10.6. The Labute approximate surface area is 217 Å². The van der Waals surface area contributed by atoms with Gasteiger partial charge in [-0.15, -0.1) is 11.8 Å². The predicted octanol–water partition coefficient (Wildman–Crippen LogP) is 8.04. The number of aliphatic hydroxyl groups excluding tert-OH is 1. The van der Waals surface area contributed by atoms with Gasteiger partial charge in [0.1, 0.15) is 0 Å². The van der Waals surface area contributed by atoms with Crippen LogP contribution in [0.5, 0.6) is 0 Å². The fourth-order valence-electron chi connectivity index (χ4n) is 7.79. The molecule has 1 aromatic carbocycles. The lowest BCUT2D eigenvalue weighted by atomic mass is 9.61. The Balaban J connectivity index is 1.23. The molecule has 0 bridgehead atoms. The van der Waals surface area contributed by atoms with Crippen molar-refractivity contribution in [3.05, 3.63) is 53.1 Å². The smallest absolute Gasteiger partial charge is 0.0840 e. The lowest BCUT2D eigenvalue weighted by molar-refractivity contribution is 0.0727. The molecular formula is C32H46O2S. The number of allylic oxidation sites excluding steroid dienone is 3. The van der Waals surface area contributed by atoms with Gasteiger partial charge in [-0.3, -0.25) is 0 Å². The zero-order chi connectivity index (χ0) is 24.8. The number of hydrogen-bond acceptors (Lipinski definition) is 3. The Morgan fingerprint density at radius 1 is 1.11 bits per heavy atom. The first kappa shape index (κ1) is 25.6. The molecule has 4 saturated carbocycles. The van der Waals surface area contributed by atoms with Crippen LogP contribution in [-0.2, 0) is 5.60 Å². The van der Waals surface area contributed by atoms with Gasteiger partial charge in [0.15, 0.2) is 0 Å². The minimum Gasteiger partial charge on any atom is -0.392 e. The minimum absolute atomic E-state index is 0.101. The number of fused-ring (bicyclic) bond motifs is 1. The zero-order valence-corrected chi connectivity index (χ0v) is 23.2. The summed E-state index contributed by atoms with van der Waals surface area (Å²) in [6, 6.07) is 8.46. The molecule has 1 spiro atoms. The number of rotatable bonds is 6. The molecule has 3 heteroatoms. The van der Waals surface area contributed by atoms with Crippen LogP contribution in [0.4, 0.5) is 0 Å².